The van der Waals surface area contributed by atoms with E-state index >= 15 is 0 Å². The average Bonchev–Trinajstić information content (AvgIpc) is 3.43. The van der Waals surface area contributed by atoms with E-state index in [9.17, 15) is 0 Å². The van der Waals surface area contributed by atoms with Gasteiger partial charge < -0.3 is 20.4 Å². The number of benzene rings is 2. The maximum Gasteiger partial charge on any atom is 0.157 e. The van der Waals surface area contributed by atoms with Crippen LogP contribution in [0, 0.1) is 19.8 Å². The summed E-state index contributed by atoms with van der Waals surface area (Å²) in [6.45, 7) is 11.6. The highest BCUT2D eigenvalue weighted by Crippen LogP contribution is 2.43. The van der Waals surface area contributed by atoms with Gasteiger partial charge in [-0.3, -0.25) is 15.0 Å². The molecule has 0 aliphatic carbocycles. The first-order valence-corrected chi connectivity index (χ1v) is 15.2. The summed E-state index contributed by atoms with van der Waals surface area (Å²) >= 11 is 0. The molecular formula is C36H37N7O. The number of rotatable bonds is 6. The third-order valence-corrected chi connectivity index (χ3v) is 9.26. The second kappa shape index (κ2) is 11.0. The third kappa shape index (κ3) is 5.26. The highest BCUT2D eigenvalue weighted by atomic mass is 16.5. The third-order valence-electron chi connectivity index (χ3n) is 9.26. The van der Waals surface area contributed by atoms with Crippen LogP contribution in [-0.2, 0) is 10.2 Å². The van der Waals surface area contributed by atoms with Gasteiger partial charge in [-0.15, -0.1) is 0 Å². The van der Waals surface area contributed by atoms with Crippen LogP contribution >= 0.6 is 0 Å². The van der Waals surface area contributed by atoms with Gasteiger partial charge in [-0.2, -0.15) is 0 Å². The summed E-state index contributed by atoms with van der Waals surface area (Å²) in [7, 11) is 0. The Hall–Kier alpha value is -4.82. The van der Waals surface area contributed by atoms with Crippen molar-refractivity contribution in [3.63, 3.8) is 0 Å². The van der Waals surface area contributed by atoms with Gasteiger partial charge in [0.25, 0.3) is 0 Å². The molecule has 6 aromatic rings. The van der Waals surface area contributed by atoms with Crippen molar-refractivity contribution < 1.29 is 4.74 Å². The number of aromatic amines is 1. The molecule has 0 radical (unpaired) electrons. The number of nitrogens with zero attached hydrogens (tertiary/aromatic N) is 4. The molecule has 0 spiro atoms. The lowest BCUT2D eigenvalue weighted by atomic mass is 9.67. The number of ether oxygens (including phenoxy) is 1. The molecule has 1 saturated heterocycles. The van der Waals surface area contributed by atoms with E-state index in [0.29, 0.717) is 5.92 Å². The van der Waals surface area contributed by atoms with Gasteiger partial charge in [-0.1, -0.05) is 19.9 Å². The van der Waals surface area contributed by atoms with Crippen molar-refractivity contribution in [3.05, 3.63) is 96.1 Å². The summed E-state index contributed by atoms with van der Waals surface area (Å²) < 4.78 is 5.96. The van der Waals surface area contributed by atoms with E-state index in [0.717, 1.165) is 80.6 Å². The number of aromatic nitrogens is 5. The summed E-state index contributed by atoms with van der Waals surface area (Å²) in [6, 6.07) is 22.9. The maximum absolute atomic E-state index is 5.96. The van der Waals surface area contributed by atoms with E-state index in [4.69, 9.17) is 19.7 Å². The SMILES string of the molecule is Cc1cc(Nc2ccc3nc(-c4ccc(Nc5cc(C)nc6ccc([C@@]7(C)CCO[C@H](C)[C@H]7C)cc56)cn4)[nH]c3c2)ccn1. The lowest BCUT2D eigenvalue weighted by Crippen LogP contribution is -2.43. The Morgan fingerprint density at radius 3 is 2.45 bits per heavy atom. The van der Waals surface area contributed by atoms with Gasteiger partial charge in [0.05, 0.1) is 34.5 Å². The van der Waals surface area contributed by atoms with E-state index < -0.39 is 0 Å². The molecule has 2 aromatic carbocycles. The van der Waals surface area contributed by atoms with Crippen LogP contribution in [0.1, 0.15) is 44.1 Å². The van der Waals surface area contributed by atoms with Crippen LogP contribution in [0.25, 0.3) is 33.5 Å². The Kier molecular flexibility index (Phi) is 7.01. The van der Waals surface area contributed by atoms with E-state index in [1.54, 1.807) is 6.20 Å². The second-order valence-corrected chi connectivity index (χ2v) is 12.3. The van der Waals surface area contributed by atoms with Crippen molar-refractivity contribution in [1.82, 2.24) is 24.9 Å². The minimum atomic E-state index is 0.0404. The zero-order valence-electron chi connectivity index (χ0n) is 25.8. The van der Waals surface area contributed by atoms with E-state index in [2.05, 4.69) is 71.7 Å². The summed E-state index contributed by atoms with van der Waals surface area (Å²) in [6.07, 6.45) is 4.89. The predicted octanol–water partition coefficient (Wildman–Crippen LogP) is 8.37. The number of fused-ring (bicyclic) bond motifs is 2. The number of anilines is 4. The van der Waals surface area contributed by atoms with Crippen molar-refractivity contribution in [2.45, 2.75) is 52.6 Å². The zero-order chi connectivity index (χ0) is 30.4. The Labute approximate surface area is 257 Å². The van der Waals surface area contributed by atoms with Crippen molar-refractivity contribution in [1.29, 1.82) is 0 Å². The van der Waals surface area contributed by atoms with Crippen LogP contribution in [0.2, 0.25) is 0 Å². The summed E-state index contributed by atoms with van der Waals surface area (Å²) in [4.78, 5) is 22.1. The summed E-state index contributed by atoms with van der Waals surface area (Å²) in [5.41, 5.74) is 10.8. The standard InChI is InChI=1S/C36H37N7O/c1-21-16-27(12-14-37-21)40-26-7-10-31-34(19-26)43-35(42-31)32-11-8-28(20-38-32)41-33-17-22(2)39-30-9-6-25(18-29(30)33)36(5)13-15-44-24(4)23(36)3/h6-12,14,16-20,23-24H,13,15H2,1-5H3,(H,37,40)(H,39,41)(H,42,43)/t23-,24-,36+/m1/s1. The van der Waals surface area contributed by atoms with Crippen molar-refractivity contribution in [3.8, 4) is 11.5 Å². The lowest BCUT2D eigenvalue weighted by molar-refractivity contribution is -0.0489. The van der Waals surface area contributed by atoms with E-state index in [1.807, 2.05) is 56.4 Å². The molecule has 0 amide bonds. The first-order valence-electron chi connectivity index (χ1n) is 15.2. The molecule has 3 N–H and O–H groups in total. The Morgan fingerprint density at radius 2 is 1.64 bits per heavy atom. The topological polar surface area (TPSA) is 101 Å². The minimum absolute atomic E-state index is 0.0404. The molecule has 44 heavy (non-hydrogen) atoms. The van der Waals surface area contributed by atoms with E-state index in [1.165, 1.54) is 5.56 Å². The predicted molar refractivity (Wildman–Crippen MR) is 178 cm³/mol. The second-order valence-electron chi connectivity index (χ2n) is 12.3. The number of H-pyrrole nitrogens is 1. The quantitative estimate of drug-likeness (QED) is 0.181. The molecule has 1 aliphatic heterocycles. The number of hydrogen-bond donors (Lipinski definition) is 3. The number of imidazole rings is 1. The van der Waals surface area contributed by atoms with Gasteiger partial charge >= 0.3 is 0 Å². The van der Waals surface area contributed by atoms with E-state index in [-0.39, 0.29) is 11.5 Å². The molecule has 1 fully saturated rings. The van der Waals surface area contributed by atoms with Gasteiger partial charge in [0.15, 0.2) is 5.82 Å². The molecule has 0 saturated carbocycles. The Bertz CT molecular complexity index is 1980. The summed E-state index contributed by atoms with van der Waals surface area (Å²) in [5.74, 6) is 1.14. The molecule has 8 heteroatoms. The van der Waals surface area contributed by atoms with Crippen molar-refractivity contribution >= 4 is 44.7 Å². The molecule has 222 valence electrons. The number of nitrogens with one attached hydrogen (secondary N) is 3. The van der Waals surface area contributed by atoms with Gasteiger partial charge in [0.2, 0.25) is 0 Å². The fourth-order valence-corrected chi connectivity index (χ4v) is 6.33. The highest BCUT2D eigenvalue weighted by Gasteiger charge is 2.39. The van der Waals surface area contributed by atoms with Gasteiger partial charge in [0.1, 0.15) is 5.69 Å². The highest BCUT2D eigenvalue weighted by molar-refractivity contribution is 5.94. The first-order chi connectivity index (χ1) is 21.2. The Morgan fingerprint density at radius 1 is 0.818 bits per heavy atom. The number of aryl methyl sites for hydroxylation is 2. The fraction of sp³-hybridized carbons (Fsp3) is 0.278. The molecule has 5 heterocycles. The molecule has 4 aromatic heterocycles. The smallest absolute Gasteiger partial charge is 0.157 e. The summed E-state index contributed by atoms with van der Waals surface area (Å²) in [5, 5.41) is 8.16. The van der Waals surface area contributed by atoms with Crippen LogP contribution in [0.3, 0.4) is 0 Å². The number of pyridine rings is 3. The van der Waals surface area contributed by atoms with Crippen LogP contribution in [0.15, 0.2) is 79.1 Å². The molecule has 0 bridgehead atoms. The van der Waals surface area contributed by atoms with Gasteiger partial charge in [-0.25, -0.2) is 4.98 Å². The fourth-order valence-electron chi connectivity index (χ4n) is 6.33. The van der Waals surface area contributed by atoms with Crippen LogP contribution in [0.5, 0.6) is 0 Å². The van der Waals surface area contributed by atoms with Crippen molar-refractivity contribution in [2.24, 2.45) is 5.92 Å². The largest absolute Gasteiger partial charge is 0.378 e. The van der Waals surface area contributed by atoms with Crippen molar-refractivity contribution in [2.75, 3.05) is 17.2 Å². The van der Waals surface area contributed by atoms with Gasteiger partial charge in [-0.05, 0) is 105 Å². The lowest BCUT2D eigenvalue weighted by Gasteiger charge is -2.44. The van der Waals surface area contributed by atoms with Crippen LogP contribution in [-0.4, -0.2) is 37.6 Å². The Balaban J connectivity index is 1.14. The first kappa shape index (κ1) is 28.0. The number of hydrogen-bond acceptors (Lipinski definition) is 7. The molecule has 0 unspecified atom stereocenters. The molecule has 8 nitrogen and oxygen atoms in total. The van der Waals surface area contributed by atoms with Gasteiger partial charge in [0, 0.05) is 46.6 Å². The maximum atomic E-state index is 5.96. The van der Waals surface area contributed by atoms with Crippen LogP contribution in [0.4, 0.5) is 22.7 Å². The monoisotopic (exact) mass is 583 g/mol. The molecule has 1 aliphatic rings. The average molecular weight is 584 g/mol. The van der Waals surface area contributed by atoms with Crippen LogP contribution < -0.4 is 10.6 Å². The minimum Gasteiger partial charge on any atom is -0.378 e. The normalized spacial score (nSPS) is 20.2. The zero-order valence-corrected chi connectivity index (χ0v) is 25.8. The molecule has 3 atom stereocenters. The molecule has 7 rings (SSSR count). The molecular weight excluding hydrogens is 546 g/mol.